The minimum absolute atomic E-state index is 0.0185. The van der Waals surface area contributed by atoms with Gasteiger partial charge in [-0.3, -0.25) is 4.79 Å². The standard InChI is InChI=1S/C22H35N5O2/c1-8-15(9-2)29-17-11-10-16-18(25-27(7)19(16)23-17)24-20(28)14-12-21(3,4)26-22(5,6)13-14/h10-11,14-15,26H,8-9,12-13H2,1-7H3,(H,24,25,28). The van der Waals surface area contributed by atoms with Crippen LogP contribution in [0.3, 0.4) is 0 Å². The fraction of sp³-hybridized carbons (Fsp3) is 0.682. The van der Waals surface area contributed by atoms with Crippen molar-refractivity contribution in [2.45, 2.75) is 84.4 Å². The molecule has 1 aliphatic rings. The van der Waals surface area contributed by atoms with E-state index in [2.05, 4.69) is 62.3 Å². The molecule has 0 aromatic carbocycles. The zero-order chi connectivity index (χ0) is 21.4. The number of hydrogen-bond donors (Lipinski definition) is 2. The van der Waals surface area contributed by atoms with Crippen LogP contribution in [0.1, 0.15) is 67.2 Å². The van der Waals surface area contributed by atoms with Gasteiger partial charge in [-0.15, -0.1) is 0 Å². The molecule has 2 N–H and O–H groups in total. The average molecular weight is 402 g/mol. The second kappa shape index (κ2) is 7.94. The number of hydrogen-bond acceptors (Lipinski definition) is 5. The number of carbonyl (C=O) groups is 1. The molecule has 0 radical (unpaired) electrons. The van der Waals surface area contributed by atoms with Crippen molar-refractivity contribution >= 4 is 22.8 Å². The van der Waals surface area contributed by atoms with Crippen molar-refractivity contribution in [3.63, 3.8) is 0 Å². The van der Waals surface area contributed by atoms with E-state index in [0.29, 0.717) is 17.3 Å². The predicted octanol–water partition coefficient (Wildman–Crippen LogP) is 4.03. The molecule has 29 heavy (non-hydrogen) atoms. The third kappa shape index (κ3) is 4.89. The Morgan fingerprint density at radius 2 is 1.86 bits per heavy atom. The highest BCUT2D eigenvalue weighted by molar-refractivity contribution is 6.00. The van der Waals surface area contributed by atoms with Crippen LogP contribution in [-0.4, -0.2) is 37.9 Å². The van der Waals surface area contributed by atoms with Crippen LogP contribution in [0.2, 0.25) is 0 Å². The molecule has 0 saturated carbocycles. The number of fused-ring (bicyclic) bond motifs is 1. The van der Waals surface area contributed by atoms with Gasteiger partial charge in [0.1, 0.15) is 0 Å². The molecule has 3 rings (SSSR count). The van der Waals surface area contributed by atoms with E-state index >= 15 is 0 Å². The molecular weight excluding hydrogens is 366 g/mol. The minimum atomic E-state index is -0.0845. The lowest BCUT2D eigenvalue weighted by Gasteiger charge is -2.45. The van der Waals surface area contributed by atoms with Gasteiger partial charge < -0.3 is 15.4 Å². The van der Waals surface area contributed by atoms with Crippen molar-refractivity contribution in [1.82, 2.24) is 20.1 Å². The molecule has 2 aromatic heterocycles. The maximum atomic E-state index is 13.1. The smallest absolute Gasteiger partial charge is 0.228 e. The number of aryl methyl sites for hydroxylation is 1. The zero-order valence-corrected chi connectivity index (χ0v) is 18.8. The second-order valence-electron chi connectivity index (χ2n) is 9.54. The number of ether oxygens (including phenoxy) is 1. The second-order valence-corrected chi connectivity index (χ2v) is 9.54. The van der Waals surface area contributed by atoms with Crippen LogP contribution in [0, 0.1) is 5.92 Å². The van der Waals surface area contributed by atoms with Crippen LogP contribution in [-0.2, 0) is 11.8 Å². The van der Waals surface area contributed by atoms with E-state index in [0.717, 1.165) is 31.1 Å². The van der Waals surface area contributed by atoms with Crippen LogP contribution in [0.15, 0.2) is 12.1 Å². The highest BCUT2D eigenvalue weighted by Crippen LogP contribution is 2.34. The molecule has 0 spiro atoms. The van der Waals surface area contributed by atoms with Crippen LogP contribution in [0.5, 0.6) is 5.88 Å². The largest absolute Gasteiger partial charge is 0.474 e. The molecule has 2 aromatic rings. The Labute approximate surface area is 173 Å². The maximum Gasteiger partial charge on any atom is 0.228 e. The van der Waals surface area contributed by atoms with E-state index in [4.69, 9.17) is 4.74 Å². The Morgan fingerprint density at radius 3 is 2.45 bits per heavy atom. The summed E-state index contributed by atoms with van der Waals surface area (Å²) < 4.78 is 7.66. The summed E-state index contributed by atoms with van der Waals surface area (Å²) in [5.74, 6) is 1.10. The Kier molecular flexibility index (Phi) is 5.90. The van der Waals surface area contributed by atoms with Gasteiger partial charge in [0.05, 0.1) is 11.5 Å². The fourth-order valence-corrected chi connectivity index (χ4v) is 4.62. The Hall–Kier alpha value is -2.15. The maximum absolute atomic E-state index is 13.1. The first-order chi connectivity index (χ1) is 13.5. The number of amides is 1. The summed E-state index contributed by atoms with van der Waals surface area (Å²) >= 11 is 0. The minimum Gasteiger partial charge on any atom is -0.474 e. The monoisotopic (exact) mass is 401 g/mol. The lowest BCUT2D eigenvalue weighted by Crippen LogP contribution is -2.59. The van der Waals surface area contributed by atoms with Crippen molar-refractivity contribution in [2.24, 2.45) is 13.0 Å². The lowest BCUT2D eigenvalue weighted by molar-refractivity contribution is -0.122. The third-order valence-corrected chi connectivity index (χ3v) is 5.66. The number of anilines is 1. The first kappa shape index (κ1) is 21.6. The highest BCUT2D eigenvalue weighted by atomic mass is 16.5. The summed E-state index contributed by atoms with van der Waals surface area (Å²) in [5.41, 5.74) is 0.534. The molecule has 7 heteroatoms. The first-order valence-electron chi connectivity index (χ1n) is 10.6. The molecule has 7 nitrogen and oxygen atoms in total. The summed E-state index contributed by atoms with van der Waals surface area (Å²) in [6.07, 6.45) is 3.61. The van der Waals surface area contributed by atoms with Gasteiger partial charge in [-0.2, -0.15) is 10.1 Å². The Morgan fingerprint density at radius 1 is 1.24 bits per heavy atom. The van der Waals surface area contributed by atoms with Crippen molar-refractivity contribution < 1.29 is 9.53 Å². The summed E-state index contributed by atoms with van der Waals surface area (Å²) in [4.78, 5) is 17.7. The van der Waals surface area contributed by atoms with Crippen LogP contribution in [0.4, 0.5) is 5.82 Å². The van der Waals surface area contributed by atoms with E-state index in [1.807, 2.05) is 19.2 Å². The predicted molar refractivity (Wildman–Crippen MR) is 116 cm³/mol. The highest BCUT2D eigenvalue weighted by Gasteiger charge is 2.40. The van der Waals surface area contributed by atoms with Gasteiger partial charge in [0.25, 0.3) is 0 Å². The molecule has 0 atom stereocenters. The third-order valence-electron chi connectivity index (χ3n) is 5.66. The summed E-state index contributed by atoms with van der Waals surface area (Å²) in [6.45, 7) is 12.8. The normalized spacial score (nSPS) is 18.9. The number of rotatable bonds is 6. The molecule has 3 heterocycles. The van der Waals surface area contributed by atoms with Gasteiger partial charge in [0, 0.05) is 30.1 Å². The Bertz CT molecular complexity index is 867. The van der Waals surface area contributed by atoms with Gasteiger partial charge >= 0.3 is 0 Å². The van der Waals surface area contributed by atoms with E-state index in [-0.39, 0.29) is 29.0 Å². The molecule has 1 saturated heterocycles. The number of nitrogens with zero attached hydrogens (tertiary/aromatic N) is 3. The molecule has 0 aliphatic carbocycles. The summed E-state index contributed by atoms with van der Waals surface area (Å²) in [5, 5.41) is 12.0. The topological polar surface area (TPSA) is 81.1 Å². The van der Waals surface area contributed by atoms with E-state index in [1.54, 1.807) is 4.68 Å². The van der Waals surface area contributed by atoms with Gasteiger partial charge in [-0.25, -0.2) is 4.68 Å². The van der Waals surface area contributed by atoms with Crippen LogP contribution in [0.25, 0.3) is 11.0 Å². The number of piperidine rings is 1. The molecule has 1 amide bonds. The summed E-state index contributed by atoms with van der Waals surface area (Å²) in [7, 11) is 1.84. The summed E-state index contributed by atoms with van der Waals surface area (Å²) in [6, 6.07) is 3.79. The van der Waals surface area contributed by atoms with Crippen LogP contribution < -0.4 is 15.4 Å². The molecular formula is C22H35N5O2. The van der Waals surface area contributed by atoms with E-state index in [9.17, 15) is 4.79 Å². The van der Waals surface area contributed by atoms with Gasteiger partial charge in [0.15, 0.2) is 11.5 Å². The molecule has 160 valence electrons. The number of pyridine rings is 1. The average Bonchev–Trinajstić information content (AvgIpc) is 2.92. The van der Waals surface area contributed by atoms with E-state index < -0.39 is 0 Å². The van der Waals surface area contributed by atoms with Crippen molar-refractivity contribution in [2.75, 3.05) is 5.32 Å². The fourth-order valence-electron chi connectivity index (χ4n) is 4.62. The van der Waals surface area contributed by atoms with Gasteiger partial charge in [-0.1, -0.05) is 13.8 Å². The molecule has 1 aliphatic heterocycles. The molecule has 0 unspecified atom stereocenters. The van der Waals surface area contributed by atoms with Gasteiger partial charge in [-0.05, 0) is 59.4 Å². The first-order valence-corrected chi connectivity index (χ1v) is 10.6. The van der Waals surface area contributed by atoms with E-state index in [1.165, 1.54) is 0 Å². The van der Waals surface area contributed by atoms with Crippen molar-refractivity contribution in [1.29, 1.82) is 0 Å². The quantitative estimate of drug-likeness (QED) is 0.764. The van der Waals surface area contributed by atoms with Crippen LogP contribution >= 0.6 is 0 Å². The van der Waals surface area contributed by atoms with Gasteiger partial charge in [0.2, 0.25) is 11.8 Å². The molecule has 1 fully saturated rings. The number of nitrogens with one attached hydrogen (secondary N) is 2. The van der Waals surface area contributed by atoms with Crippen molar-refractivity contribution in [3.8, 4) is 5.88 Å². The number of carbonyl (C=O) groups excluding carboxylic acids is 1. The van der Waals surface area contributed by atoms with Crippen molar-refractivity contribution in [3.05, 3.63) is 12.1 Å². The Balaban J connectivity index is 1.81. The number of aromatic nitrogens is 3. The zero-order valence-electron chi connectivity index (χ0n) is 18.8. The lowest BCUT2D eigenvalue weighted by atomic mass is 9.75. The molecule has 0 bridgehead atoms. The SMILES string of the molecule is CCC(CC)Oc1ccc2c(NC(=O)C3CC(C)(C)NC(C)(C)C3)nn(C)c2n1.